The molecule has 2 heterocycles. The minimum atomic E-state index is -0.533. The second-order valence-corrected chi connectivity index (χ2v) is 9.90. The van der Waals surface area contributed by atoms with Crippen molar-refractivity contribution in [2.75, 3.05) is 17.7 Å². The summed E-state index contributed by atoms with van der Waals surface area (Å²) in [4.78, 5) is 41.9. The van der Waals surface area contributed by atoms with Gasteiger partial charge in [0.2, 0.25) is 11.8 Å². The number of aryl methyl sites for hydroxylation is 1. The molecule has 1 atom stereocenters. The number of anilines is 2. The fraction of sp³-hybridized carbons (Fsp3) is 0.409. The number of thioether (sulfide) groups is 1. The predicted octanol–water partition coefficient (Wildman–Crippen LogP) is 4.20. The molecule has 8 heteroatoms. The minimum Gasteiger partial charge on any atom is -0.465 e. The number of esters is 1. The maximum Gasteiger partial charge on any atom is 0.341 e. The number of carbonyl (C=O) groups excluding carboxylic acids is 3. The van der Waals surface area contributed by atoms with Crippen LogP contribution in [-0.2, 0) is 27.2 Å². The molecular weight excluding hydrogens is 420 g/mol. The fourth-order valence-corrected chi connectivity index (χ4v) is 6.56. The summed E-state index contributed by atoms with van der Waals surface area (Å²) < 4.78 is 5.04. The van der Waals surface area contributed by atoms with E-state index in [0.717, 1.165) is 53.9 Å². The maximum absolute atomic E-state index is 13.2. The zero-order valence-electron chi connectivity index (χ0n) is 16.8. The Bertz CT molecular complexity index is 1000. The SMILES string of the molecule is COC(=O)c1c(N2C(=O)CC(Sc3cccc(N)c3)C2=O)sc2c1CCCCCC2. The quantitative estimate of drug-likeness (QED) is 0.432. The number of amides is 2. The summed E-state index contributed by atoms with van der Waals surface area (Å²) in [6.07, 6.45) is 6.04. The van der Waals surface area contributed by atoms with E-state index in [1.54, 1.807) is 12.1 Å². The van der Waals surface area contributed by atoms with E-state index in [1.807, 2.05) is 12.1 Å². The Balaban J connectivity index is 1.69. The van der Waals surface area contributed by atoms with Crippen LogP contribution in [0.2, 0.25) is 0 Å². The van der Waals surface area contributed by atoms with Gasteiger partial charge in [0.25, 0.3) is 0 Å². The van der Waals surface area contributed by atoms with Crippen molar-refractivity contribution in [3.8, 4) is 0 Å². The molecule has 0 saturated carbocycles. The summed E-state index contributed by atoms with van der Waals surface area (Å²) in [5.41, 5.74) is 7.80. The lowest BCUT2D eigenvalue weighted by Gasteiger charge is -2.15. The molecule has 1 aliphatic carbocycles. The predicted molar refractivity (Wildman–Crippen MR) is 119 cm³/mol. The Kier molecular flexibility index (Phi) is 6.15. The Labute approximate surface area is 183 Å². The van der Waals surface area contributed by atoms with Crippen molar-refractivity contribution in [1.82, 2.24) is 0 Å². The summed E-state index contributed by atoms with van der Waals surface area (Å²) in [6, 6.07) is 7.27. The van der Waals surface area contributed by atoms with E-state index in [2.05, 4.69) is 0 Å². The zero-order valence-corrected chi connectivity index (χ0v) is 18.4. The zero-order chi connectivity index (χ0) is 21.3. The molecule has 6 nitrogen and oxygen atoms in total. The Morgan fingerprint density at radius 2 is 1.97 bits per heavy atom. The van der Waals surface area contributed by atoms with E-state index < -0.39 is 11.2 Å². The van der Waals surface area contributed by atoms with Gasteiger partial charge in [0.15, 0.2) is 0 Å². The van der Waals surface area contributed by atoms with E-state index in [9.17, 15) is 14.4 Å². The van der Waals surface area contributed by atoms with E-state index in [-0.39, 0.29) is 18.2 Å². The molecule has 1 fully saturated rings. The summed E-state index contributed by atoms with van der Waals surface area (Å²) in [6.45, 7) is 0. The number of thiophene rings is 1. The van der Waals surface area contributed by atoms with Crippen LogP contribution in [0.1, 0.15) is 52.9 Å². The van der Waals surface area contributed by atoms with Gasteiger partial charge in [0.05, 0.1) is 17.9 Å². The maximum atomic E-state index is 13.2. The molecule has 30 heavy (non-hydrogen) atoms. The highest BCUT2D eigenvalue weighted by atomic mass is 32.2. The van der Waals surface area contributed by atoms with Crippen LogP contribution >= 0.6 is 23.1 Å². The molecule has 1 aliphatic heterocycles. The highest BCUT2D eigenvalue weighted by Gasteiger charge is 2.43. The lowest BCUT2D eigenvalue weighted by atomic mass is 9.96. The average Bonchev–Trinajstić information content (AvgIpc) is 3.17. The molecule has 2 aromatic rings. The summed E-state index contributed by atoms with van der Waals surface area (Å²) in [7, 11) is 1.34. The average molecular weight is 445 g/mol. The van der Waals surface area contributed by atoms with Gasteiger partial charge >= 0.3 is 5.97 Å². The summed E-state index contributed by atoms with van der Waals surface area (Å²) >= 11 is 2.73. The Morgan fingerprint density at radius 3 is 2.70 bits per heavy atom. The number of methoxy groups -OCH3 is 1. The lowest BCUT2D eigenvalue weighted by molar-refractivity contribution is -0.121. The van der Waals surface area contributed by atoms with Crippen molar-refractivity contribution in [2.45, 2.75) is 55.1 Å². The number of hydrogen-bond donors (Lipinski definition) is 1. The molecule has 0 spiro atoms. The molecule has 158 valence electrons. The Hall–Kier alpha value is -2.32. The molecular formula is C22H24N2O4S2. The molecule has 2 N–H and O–H groups in total. The normalized spacial score (nSPS) is 19.4. The first-order chi connectivity index (χ1) is 14.5. The summed E-state index contributed by atoms with van der Waals surface area (Å²) in [5, 5.41) is -0.103. The summed E-state index contributed by atoms with van der Waals surface area (Å²) in [5.74, 6) is -1.04. The standard InChI is InChI=1S/C22H24N2O4S2/c1-28-22(27)19-15-9-4-2-3-5-10-16(15)30-21(19)24-18(25)12-17(20(24)26)29-14-8-6-7-13(23)11-14/h6-8,11,17H,2-5,9-10,12,23H2,1H3. The van der Waals surface area contributed by atoms with Crippen molar-refractivity contribution >= 4 is 51.6 Å². The largest absolute Gasteiger partial charge is 0.465 e. The fourth-order valence-electron chi connectivity index (χ4n) is 4.04. The minimum absolute atomic E-state index is 0.0987. The van der Waals surface area contributed by atoms with Crippen LogP contribution in [-0.4, -0.2) is 30.1 Å². The van der Waals surface area contributed by atoms with Gasteiger partial charge in [0.1, 0.15) is 5.00 Å². The number of nitrogens with zero attached hydrogens (tertiary/aromatic N) is 1. The van der Waals surface area contributed by atoms with E-state index in [4.69, 9.17) is 10.5 Å². The van der Waals surface area contributed by atoms with Crippen molar-refractivity contribution < 1.29 is 19.1 Å². The number of imide groups is 1. The first-order valence-corrected chi connectivity index (χ1v) is 11.8. The lowest BCUT2D eigenvalue weighted by Crippen LogP contribution is -2.31. The molecule has 0 bridgehead atoms. The molecule has 1 saturated heterocycles. The highest BCUT2D eigenvalue weighted by Crippen LogP contribution is 2.43. The van der Waals surface area contributed by atoms with Crippen LogP contribution in [0.3, 0.4) is 0 Å². The van der Waals surface area contributed by atoms with Crippen molar-refractivity contribution in [2.24, 2.45) is 0 Å². The molecule has 4 rings (SSSR count). The van der Waals surface area contributed by atoms with E-state index in [0.29, 0.717) is 16.3 Å². The van der Waals surface area contributed by atoms with Crippen LogP contribution in [0.15, 0.2) is 29.2 Å². The number of rotatable bonds is 4. The van der Waals surface area contributed by atoms with Crippen LogP contribution in [0.25, 0.3) is 0 Å². The second-order valence-electron chi connectivity index (χ2n) is 7.54. The van der Waals surface area contributed by atoms with Crippen LogP contribution in [0.5, 0.6) is 0 Å². The topological polar surface area (TPSA) is 89.7 Å². The Morgan fingerprint density at radius 1 is 1.20 bits per heavy atom. The van der Waals surface area contributed by atoms with E-state index >= 15 is 0 Å². The number of ether oxygens (including phenoxy) is 1. The van der Waals surface area contributed by atoms with Gasteiger partial charge in [-0.1, -0.05) is 18.9 Å². The second kappa shape index (κ2) is 8.81. The van der Waals surface area contributed by atoms with Gasteiger partial charge in [-0.15, -0.1) is 23.1 Å². The monoisotopic (exact) mass is 444 g/mol. The van der Waals surface area contributed by atoms with Gasteiger partial charge in [-0.25, -0.2) is 9.69 Å². The third-order valence-electron chi connectivity index (χ3n) is 5.49. The molecule has 1 unspecified atom stereocenters. The van der Waals surface area contributed by atoms with E-state index in [1.165, 1.54) is 35.1 Å². The van der Waals surface area contributed by atoms with Crippen LogP contribution < -0.4 is 10.6 Å². The van der Waals surface area contributed by atoms with Gasteiger partial charge in [-0.05, 0) is 49.4 Å². The van der Waals surface area contributed by atoms with Crippen molar-refractivity contribution in [3.63, 3.8) is 0 Å². The van der Waals surface area contributed by atoms with Gasteiger partial charge in [-0.2, -0.15) is 0 Å². The molecule has 1 aromatic heterocycles. The molecule has 0 radical (unpaired) electrons. The third-order valence-corrected chi connectivity index (χ3v) is 7.94. The number of nitrogens with two attached hydrogens (primary N) is 1. The van der Waals surface area contributed by atoms with Gasteiger partial charge < -0.3 is 10.5 Å². The highest BCUT2D eigenvalue weighted by molar-refractivity contribution is 8.00. The number of carbonyl (C=O) groups is 3. The third kappa shape index (κ3) is 3.98. The van der Waals surface area contributed by atoms with Crippen molar-refractivity contribution in [3.05, 3.63) is 40.3 Å². The van der Waals surface area contributed by atoms with Crippen molar-refractivity contribution in [1.29, 1.82) is 0 Å². The van der Waals surface area contributed by atoms with Gasteiger partial charge in [0, 0.05) is 21.9 Å². The number of nitrogen functional groups attached to an aromatic ring is 1. The molecule has 2 aliphatic rings. The first kappa shape index (κ1) is 20.9. The smallest absolute Gasteiger partial charge is 0.341 e. The molecule has 2 amide bonds. The molecule has 1 aromatic carbocycles. The first-order valence-electron chi connectivity index (χ1n) is 10.1. The van der Waals surface area contributed by atoms with Crippen LogP contribution in [0.4, 0.5) is 10.7 Å². The number of hydrogen-bond acceptors (Lipinski definition) is 7. The number of fused-ring (bicyclic) bond motifs is 1. The van der Waals surface area contributed by atoms with Crippen LogP contribution in [0, 0.1) is 0 Å². The van der Waals surface area contributed by atoms with Gasteiger partial charge in [-0.3, -0.25) is 9.59 Å². The number of benzene rings is 1.